The highest BCUT2D eigenvalue weighted by molar-refractivity contribution is 5.88. The predicted molar refractivity (Wildman–Crippen MR) is 73.5 cm³/mol. The van der Waals surface area contributed by atoms with Crippen LogP contribution in [0.1, 0.15) is 23.7 Å². The van der Waals surface area contributed by atoms with Gasteiger partial charge in [0.25, 0.3) is 0 Å². The molecule has 0 aliphatic rings. The van der Waals surface area contributed by atoms with Crippen molar-refractivity contribution in [1.29, 1.82) is 5.26 Å². The Hall–Kier alpha value is -2.40. The number of nitrogens with zero attached hydrogens (tertiary/aromatic N) is 2. The summed E-state index contributed by atoms with van der Waals surface area (Å²) in [6.45, 7) is 2.12. The minimum Gasteiger partial charge on any atom is -0.256 e. The van der Waals surface area contributed by atoms with Gasteiger partial charge in [-0.2, -0.15) is 5.26 Å². The summed E-state index contributed by atoms with van der Waals surface area (Å²) >= 11 is 0. The molecule has 0 aliphatic carbocycles. The average Bonchev–Trinajstić information content (AvgIpc) is 2.46. The van der Waals surface area contributed by atoms with Crippen molar-refractivity contribution in [2.75, 3.05) is 0 Å². The van der Waals surface area contributed by atoms with E-state index in [9.17, 15) is 5.26 Å². The van der Waals surface area contributed by atoms with Gasteiger partial charge in [-0.1, -0.05) is 37.3 Å². The molecular weight excluding hydrogens is 220 g/mol. The molecule has 88 valence electrons. The van der Waals surface area contributed by atoms with Gasteiger partial charge >= 0.3 is 0 Å². The second-order valence-corrected chi connectivity index (χ2v) is 3.98. The maximum atomic E-state index is 9.18. The lowest BCUT2D eigenvalue weighted by molar-refractivity contribution is 1.14. The fourth-order valence-electron chi connectivity index (χ4n) is 1.70. The Morgan fingerprint density at radius 1 is 1.22 bits per heavy atom. The minimum atomic E-state index is 0.583. The maximum absolute atomic E-state index is 9.18. The van der Waals surface area contributed by atoms with Gasteiger partial charge in [0.2, 0.25) is 0 Å². The summed E-state index contributed by atoms with van der Waals surface area (Å²) in [4.78, 5) is 4.19. The van der Waals surface area contributed by atoms with Gasteiger partial charge in [0.05, 0.1) is 11.3 Å². The van der Waals surface area contributed by atoms with E-state index in [1.807, 2.05) is 36.4 Å². The van der Waals surface area contributed by atoms with E-state index in [1.54, 1.807) is 6.20 Å². The van der Waals surface area contributed by atoms with Crippen molar-refractivity contribution in [2.24, 2.45) is 0 Å². The Balaban J connectivity index is 2.33. The highest BCUT2D eigenvalue weighted by atomic mass is 14.7. The third kappa shape index (κ3) is 2.83. The van der Waals surface area contributed by atoms with Crippen molar-refractivity contribution in [1.82, 2.24) is 4.98 Å². The summed E-state index contributed by atoms with van der Waals surface area (Å²) < 4.78 is 0. The fourth-order valence-corrected chi connectivity index (χ4v) is 1.70. The molecule has 0 unspecified atom stereocenters. The molecule has 0 fully saturated rings. The monoisotopic (exact) mass is 234 g/mol. The molecule has 2 nitrogen and oxygen atoms in total. The third-order valence-electron chi connectivity index (χ3n) is 2.76. The van der Waals surface area contributed by atoms with Gasteiger partial charge in [0.15, 0.2) is 0 Å². The summed E-state index contributed by atoms with van der Waals surface area (Å²) in [6, 6.07) is 16.0. The summed E-state index contributed by atoms with van der Waals surface area (Å²) in [6.07, 6.45) is 4.58. The molecule has 18 heavy (non-hydrogen) atoms. The SMILES string of the molecule is CCc1ccc(/C=C(\C#N)c2ccccn2)cc1. The van der Waals surface area contributed by atoms with E-state index in [4.69, 9.17) is 0 Å². The smallest absolute Gasteiger partial charge is 0.101 e. The number of aryl methyl sites for hydroxylation is 1. The Labute approximate surface area is 107 Å². The molecule has 1 aromatic carbocycles. The maximum Gasteiger partial charge on any atom is 0.101 e. The topological polar surface area (TPSA) is 36.7 Å². The van der Waals surface area contributed by atoms with Gasteiger partial charge in [-0.25, -0.2) is 0 Å². The lowest BCUT2D eigenvalue weighted by atomic mass is 10.1. The van der Waals surface area contributed by atoms with Crippen LogP contribution in [0, 0.1) is 11.3 Å². The van der Waals surface area contributed by atoms with Gasteiger partial charge in [-0.05, 0) is 35.8 Å². The zero-order valence-corrected chi connectivity index (χ0v) is 10.3. The number of hydrogen-bond donors (Lipinski definition) is 0. The first-order valence-electron chi connectivity index (χ1n) is 5.95. The molecular formula is C16H14N2. The lowest BCUT2D eigenvalue weighted by Gasteiger charge is -2.00. The first-order chi connectivity index (χ1) is 8.83. The zero-order valence-electron chi connectivity index (χ0n) is 10.3. The van der Waals surface area contributed by atoms with Crippen LogP contribution >= 0.6 is 0 Å². The van der Waals surface area contributed by atoms with E-state index in [1.165, 1.54) is 5.56 Å². The van der Waals surface area contributed by atoms with Gasteiger partial charge in [0.1, 0.15) is 6.07 Å². The van der Waals surface area contributed by atoms with Crippen LogP contribution in [0.3, 0.4) is 0 Å². The first-order valence-corrected chi connectivity index (χ1v) is 5.95. The van der Waals surface area contributed by atoms with Crippen LogP contribution < -0.4 is 0 Å². The number of hydrogen-bond acceptors (Lipinski definition) is 2. The van der Waals surface area contributed by atoms with Crippen molar-refractivity contribution >= 4 is 11.6 Å². The quantitative estimate of drug-likeness (QED) is 0.759. The van der Waals surface area contributed by atoms with E-state index in [-0.39, 0.29) is 0 Å². The van der Waals surface area contributed by atoms with Gasteiger partial charge in [-0.3, -0.25) is 4.98 Å². The van der Waals surface area contributed by atoms with Crippen LogP contribution in [0.5, 0.6) is 0 Å². The summed E-state index contributed by atoms with van der Waals surface area (Å²) in [7, 11) is 0. The number of nitriles is 1. The van der Waals surface area contributed by atoms with Crippen LogP contribution in [0.25, 0.3) is 11.6 Å². The summed E-state index contributed by atoms with van der Waals surface area (Å²) in [5.41, 5.74) is 3.61. The van der Waals surface area contributed by atoms with E-state index in [0.29, 0.717) is 11.3 Å². The molecule has 2 rings (SSSR count). The highest BCUT2D eigenvalue weighted by Crippen LogP contribution is 2.15. The molecule has 2 heteroatoms. The van der Waals surface area contributed by atoms with Crippen molar-refractivity contribution in [3.63, 3.8) is 0 Å². The molecule has 1 heterocycles. The number of rotatable bonds is 3. The normalized spacial score (nSPS) is 11.0. The Morgan fingerprint density at radius 3 is 2.56 bits per heavy atom. The fraction of sp³-hybridized carbons (Fsp3) is 0.125. The second-order valence-electron chi connectivity index (χ2n) is 3.98. The standard InChI is InChI=1S/C16H14N2/c1-2-13-6-8-14(9-7-13)11-15(12-17)16-5-3-4-10-18-16/h3-11H,2H2,1H3/b15-11+. The zero-order chi connectivity index (χ0) is 12.8. The Morgan fingerprint density at radius 2 is 2.00 bits per heavy atom. The first kappa shape index (κ1) is 12.1. The van der Waals surface area contributed by atoms with Crippen LogP contribution in [0.2, 0.25) is 0 Å². The van der Waals surface area contributed by atoms with Crippen LogP contribution in [-0.4, -0.2) is 4.98 Å². The third-order valence-corrected chi connectivity index (χ3v) is 2.76. The Kier molecular flexibility index (Phi) is 3.88. The molecule has 0 N–H and O–H groups in total. The van der Waals surface area contributed by atoms with Gasteiger partial charge in [0, 0.05) is 6.20 Å². The molecule has 0 atom stereocenters. The van der Waals surface area contributed by atoms with E-state index >= 15 is 0 Å². The van der Waals surface area contributed by atoms with Crippen molar-refractivity contribution in [3.8, 4) is 6.07 Å². The Bertz CT molecular complexity index is 575. The summed E-state index contributed by atoms with van der Waals surface area (Å²) in [5.74, 6) is 0. The molecule has 1 aromatic heterocycles. The average molecular weight is 234 g/mol. The highest BCUT2D eigenvalue weighted by Gasteiger charge is 2.01. The number of allylic oxidation sites excluding steroid dienone is 1. The van der Waals surface area contributed by atoms with Crippen LogP contribution in [0.4, 0.5) is 0 Å². The van der Waals surface area contributed by atoms with Crippen LogP contribution in [0.15, 0.2) is 48.7 Å². The lowest BCUT2D eigenvalue weighted by Crippen LogP contribution is -1.86. The van der Waals surface area contributed by atoms with E-state index in [0.717, 1.165) is 12.0 Å². The van der Waals surface area contributed by atoms with Crippen LogP contribution in [-0.2, 0) is 6.42 Å². The molecule has 0 spiro atoms. The molecule has 0 bridgehead atoms. The number of benzene rings is 1. The molecule has 0 saturated heterocycles. The molecule has 0 radical (unpaired) electrons. The van der Waals surface area contributed by atoms with Crippen molar-refractivity contribution in [3.05, 3.63) is 65.5 Å². The number of pyridine rings is 1. The van der Waals surface area contributed by atoms with E-state index < -0.39 is 0 Å². The molecule has 0 amide bonds. The molecule has 0 saturated carbocycles. The van der Waals surface area contributed by atoms with Gasteiger partial charge < -0.3 is 0 Å². The molecule has 0 aliphatic heterocycles. The second kappa shape index (κ2) is 5.79. The van der Waals surface area contributed by atoms with E-state index in [2.05, 4.69) is 30.1 Å². The van der Waals surface area contributed by atoms with Gasteiger partial charge in [-0.15, -0.1) is 0 Å². The minimum absolute atomic E-state index is 0.583. The largest absolute Gasteiger partial charge is 0.256 e. The van der Waals surface area contributed by atoms with Crippen molar-refractivity contribution in [2.45, 2.75) is 13.3 Å². The van der Waals surface area contributed by atoms with Crippen molar-refractivity contribution < 1.29 is 0 Å². The number of aromatic nitrogens is 1. The summed E-state index contributed by atoms with van der Waals surface area (Å²) in [5, 5.41) is 9.18. The molecule has 2 aromatic rings. The predicted octanol–water partition coefficient (Wildman–Crippen LogP) is 3.71.